The summed E-state index contributed by atoms with van der Waals surface area (Å²) >= 11 is 1.60. The molecule has 2 N–H and O–H groups in total. The zero-order chi connectivity index (χ0) is 19.8. The summed E-state index contributed by atoms with van der Waals surface area (Å²) < 4.78 is 10.5. The van der Waals surface area contributed by atoms with Gasteiger partial charge in [0, 0.05) is 10.4 Å². The molecule has 0 aliphatic heterocycles. The number of ether oxygens (including phenoxy) is 2. The maximum atomic E-state index is 12.8. The molecule has 1 aromatic carbocycles. The molecule has 0 unspecified atom stereocenters. The van der Waals surface area contributed by atoms with Crippen molar-refractivity contribution in [2.45, 2.75) is 26.2 Å². The zero-order valence-electron chi connectivity index (χ0n) is 15.6. The van der Waals surface area contributed by atoms with Crippen LogP contribution in [0.5, 0.6) is 11.5 Å². The van der Waals surface area contributed by atoms with Crippen LogP contribution in [-0.2, 0) is 17.6 Å². The number of aromatic amines is 1. The Morgan fingerprint density at radius 1 is 1.39 bits per heavy atom. The molecule has 8 heteroatoms. The van der Waals surface area contributed by atoms with Gasteiger partial charge in [0.1, 0.15) is 10.7 Å². The molecule has 0 radical (unpaired) electrons. The number of nitrogens with zero attached hydrogens (tertiary/aromatic N) is 1. The normalized spacial score (nSPS) is 16.0. The number of carboxylic acids is 1. The maximum Gasteiger partial charge on any atom is 0.341 e. The van der Waals surface area contributed by atoms with E-state index in [0.717, 1.165) is 29.7 Å². The molecule has 2 aromatic heterocycles. The summed E-state index contributed by atoms with van der Waals surface area (Å²) in [7, 11) is 1.47. The lowest BCUT2D eigenvalue weighted by molar-refractivity contribution is -0.139. The summed E-state index contributed by atoms with van der Waals surface area (Å²) in [5.41, 5.74) is 1.68. The number of rotatable bonds is 5. The number of carbonyl (C=O) groups is 1. The SMILES string of the molecule is COc1cc(-c2nc3sc4c(c3c(=O)[nH]2)CC[C@@H](C)C4)ccc1OCC(=O)O. The number of hydrogen-bond donors (Lipinski definition) is 2. The van der Waals surface area contributed by atoms with Crippen LogP contribution in [0.15, 0.2) is 23.0 Å². The number of carboxylic acid groups (broad SMARTS) is 1. The number of H-pyrrole nitrogens is 1. The molecule has 3 aromatic rings. The predicted molar refractivity (Wildman–Crippen MR) is 107 cm³/mol. The Bertz CT molecular complexity index is 1120. The smallest absolute Gasteiger partial charge is 0.341 e. The van der Waals surface area contributed by atoms with Gasteiger partial charge >= 0.3 is 5.97 Å². The first-order chi connectivity index (χ1) is 13.5. The number of nitrogens with one attached hydrogen (secondary N) is 1. The first-order valence-corrected chi connectivity index (χ1v) is 9.85. The summed E-state index contributed by atoms with van der Waals surface area (Å²) in [6.07, 6.45) is 3.01. The first kappa shape index (κ1) is 18.5. The van der Waals surface area contributed by atoms with E-state index >= 15 is 0 Å². The molecule has 0 saturated heterocycles. The highest BCUT2D eigenvalue weighted by Crippen LogP contribution is 2.37. The van der Waals surface area contributed by atoms with Crippen LogP contribution in [0, 0.1) is 5.92 Å². The fourth-order valence-electron chi connectivity index (χ4n) is 3.56. The second-order valence-corrected chi connectivity index (χ2v) is 8.08. The van der Waals surface area contributed by atoms with E-state index in [1.54, 1.807) is 29.5 Å². The molecule has 1 aliphatic carbocycles. The van der Waals surface area contributed by atoms with Gasteiger partial charge in [-0.3, -0.25) is 4.79 Å². The van der Waals surface area contributed by atoms with Gasteiger partial charge in [-0.2, -0.15) is 0 Å². The lowest BCUT2D eigenvalue weighted by Gasteiger charge is -2.17. The van der Waals surface area contributed by atoms with Crippen molar-refractivity contribution >= 4 is 27.5 Å². The van der Waals surface area contributed by atoms with Crippen molar-refractivity contribution in [2.24, 2.45) is 5.92 Å². The van der Waals surface area contributed by atoms with Crippen molar-refractivity contribution in [3.63, 3.8) is 0 Å². The quantitative estimate of drug-likeness (QED) is 0.682. The van der Waals surface area contributed by atoms with Crippen LogP contribution in [-0.4, -0.2) is 34.8 Å². The van der Waals surface area contributed by atoms with Gasteiger partial charge in [0.15, 0.2) is 18.1 Å². The fraction of sp³-hybridized carbons (Fsp3) is 0.350. The van der Waals surface area contributed by atoms with Gasteiger partial charge in [-0.25, -0.2) is 9.78 Å². The van der Waals surface area contributed by atoms with Crippen molar-refractivity contribution < 1.29 is 19.4 Å². The van der Waals surface area contributed by atoms with Gasteiger partial charge in [-0.05, 0) is 48.9 Å². The van der Waals surface area contributed by atoms with E-state index in [1.807, 2.05) is 0 Å². The molecule has 0 fully saturated rings. The number of aliphatic carboxylic acids is 1. The number of hydrogen-bond acceptors (Lipinski definition) is 6. The number of aromatic nitrogens is 2. The van der Waals surface area contributed by atoms with Crippen LogP contribution in [0.4, 0.5) is 0 Å². The summed E-state index contributed by atoms with van der Waals surface area (Å²) in [5, 5.41) is 9.49. The van der Waals surface area contributed by atoms with Crippen LogP contribution in [0.3, 0.4) is 0 Å². The standard InChI is InChI=1S/C20H20N2O5S/c1-10-3-5-12-15(7-10)28-20-17(12)19(25)21-18(22-20)11-4-6-13(14(8-11)26-2)27-9-16(23)24/h4,6,8,10H,3,5,7,9H2,1-2H3,(H,23,24)(H,21,22,25)/t10-/m1/s1. The van der Waals surface area contributed by atoms with Crippen LogP contribution in [0.1, 0.15) is 23.8 Å². The second kappa shape index (κ2) is 7.27. The number of aryl methyl sites for hydroxylation is 1. The zero-order valence-corrected chi connectivity index (χ0v) is 16.4. The molecule has 1 atom stereocenters. The van der Waals surface area contributed by atoms with Crippen molar-refractivity contribution in [1.82, 2.24) is 9.97 Å². The third-order valence-electron chi connectivity index (χ3n) is 4.95. The number of benzene rings is 1. The van der Waals surface area contributed by atoms with E-state index in [4.69, 9.17) is 14.6 Å². The average Bonchev–Trinajstić information content (AvgIpc) is 3.03. The molecule has 1 aliphatic rings. The largest absolute Gasteiger partial charge is 0.493 e. The summed E-state index contributed by atoms with van der Waals surface area (Å²) in [6.45, 7) is 1.77. The third kappa shape index (κ3) is 3.35. The topological polar surface area (TPSA) is 102 Å². The molecule has 0 spiro atoms. The van der Waals surface area contributed by atoms with Crippen molar-refractivity contribution in [3.05, 3.63) is 39.0 Å². The maximum absolute atomic E-state index is 12.8. The monoisotopic (exact) mass is 400 g/mol. The van der Waals surface area contributed by atoms with Crippen LogP contribution < -0.4 is 15.0 Å². The second-order valence-electron chi connectivity index (χ2n) is 6.99. The molecule has 4 rings (SSSR count). The highest BCUT2D eigenvalue weighted by molar-refractivity contribution is 7.18. The van der Waals surface area contributed by atoms with Crippen molar-refractivity contribution in [3.8, 4) is 22.9 Å². The van der Waals surface area contributed by atoms with E-state index in [-0.39, 0.29) is 5.56 Å². The molecular weight excluding hydrogens is 380 g/mol. The molecule has 0 amide bonds. The highest BCUT2D eigenvalue weighted by Gasteiger charge is 2.23. The van der Waals surface area contributed by atoms with E-state index in [2.05, 4.69) is 16.9 Å². The van der Waals surface area contributed by atoms with Crippen molar-refractivity contribution in [2.75, 3.05) is 13.7 Å². The number of methoxy groups -OCH3 is 1. The molecule has 28 heavy (non-hydrogen) atoms. The van der Waals surface area contributed by atoms with Gasteiger partial charge in [-0.1, -0.05) is 6.92 Å². The Morgan fingerprint density at radius 3 is 2.96 bits per heavy atom. The summed E-state index contributed by atoms with van der Waals surface area (Å²) in [4.78, 5) is 33.1. The third-order valence-corrected chi connectivity index (χ3v) is 6.10. The Kier molecular flexibility index (Phi) is 4.80. The van der Waals surface area contributed by atoms with Gasteiger partial charge in [-0.15, -0.1) is 11.3 Å². The number of fused-ring (bicyclic) bond motifs is 3. The Hall–Kier alpha value is -2.87. The molecule has 7 nitrogen and oxygen atoms in total. The fourth-order valence-corrected chi connectivity index (χ4v) is 4.94. The van der Waals surface area contributed by atoms with E-state index in [9.17, 15) is 9.59 Å². The molecule has 2 heterocycles. The van der Waals surface area contributed by atoms with Crippen LogP contribution in [0.25, 0.3) is 21.6 Å². The van der Waals surface area contributed by atoms with Gasteiger partial charge in [0.05, 0.1) is 12.5 Å². The van der Waals surface area contributed by atoms with Gasteiger partial charge in [0.25, 0.3) is 5.56 Å². The Balaban J connectivity index is 1.75. The van der Waals surface area contributed by atoms with Gasteiger partial charge < -0.3 is 19.6 Å². The lowest BCUT2D eigenvalue weighted by Crippen LogP contribution is -2.13. The van der Waals surface area contributed by atoms with E-state index < -0.39 is 12.6 Å². The summed E-state index contributed by atoms with van der Waals surface area (Å²) in [5.74, 6) is 0.700. The lowest BCUT2D eigenvalue weighted by atomic mass is 9.89. The minimum absolute atomic E-state index is 0.128. The summed E-state index contributed by atoms with van der Waals surface area (Å²) in [6, 6.07) is 5.01. The van der Waals surface area contributed by atoms with E-state index in [1.165, 1.54) is 12.0 Å². The Labute approximate surface area is 165 Å². The van der Waals surface area contributed by atoms with Crippen LogP contribution >= 0.6 is 11.3 Å². The molecule has 0 bridgehead atoms. The van der Waals surface area contributed by atoms with Gasteiger partial charge in [0.2, 0.25) is 0 Å². The molecule has 146 valence electrons. The minimum atomic E-state index is -1.07. The minimum Gasteiger partial charge on any atom is -0.493 e. The average molecular weight is 400 g/mol. The first-order valence-electron chi connectivity index (χ1n) is 9.04. The predicted octanol–water partition coefficient (Wildman–Crippen LogP) is 3.25. The molecular formula is C20H20N2O5S. The highest BCUT2D eigenvalue weighted by atomic mass is 32.1. The molecule has 0 saturated carbocycles. The van der Waals surface area contributed by atoms with E-state index in [0.29, 0.717) is 34.2 Å². The number of thiophene rings is 1. The van der Waals surface area contributed by atoms with Crippen molar-refractivity contribution in [1.29, 1.82) is 0 Å². The van der Waals surface area contributed by atoms with Crippen LogP contribution in [0.2, 0.25) is 0 Å². The Morgan fingerprint density at radius 2 is 2.21 bits per heavy atom.